The fraction of sp³-hybridized carbons (Fsp3) is 0.440. The van der Waals surface area contributed by atoms with E-state index in [1.807, 2.05) is 0 Å². The van der Waals surface area contributed by atoms with Crippen LogP contribution in [0.4, 0.5) is 0 Å². The van der Waals surface area contributed by atoms with Gasteiger partial charge in [-0.2, -0.15) is 0 Å². The Morgan fingerprint density at radius 3 is 2.30 bits per heavy atom. The summed E-state index contributed by atoms with van der Waals surface area (Å²) in [7, 11) is 1.69. The van der Waals surface area contributed by atoms with E-state index in [1.54, 1.807) is 47.5 Å². The summed E-state index contributed by atoms with van der Waals surface area (Å²) in [5.41, 5.74) is 0.383. The number of aryl methyl sites for hydroxylation is 1. The number of amides is 4. The van der Waals surface area contributed by atoms with Crippen molar-refractivity contribution in [1.82, 2.24) is 25.0 Å². The molecule has 214 valence electrons. The van der Waals surface area contributed by atoms with Crippen molar-refractivity contribution in [2.75, 3.05) is 26.3 Å². The van der Waals surface area contributed by atoms with Crippen molar-refractivity contribution in [1.29, 1.82) is 0 Å². The van der Waals surface area contributed by atoms with E-state index in [4.69, 9.17) is 4.74 Å². The number of nitrogens with one attached hydrogen (secondary N) is 2. The molecule has 0 aromatic carbocycles. The Morgan fingerprint density at radius 2 is 1.70 bits per heavy atom. The monoisotopic (exact) mass is 575 g/mol. The number of carboxylic acids is 2. The van der Waals surface area contributed by atoms with Crippen LogP contribution in [0, 0.1) is 0 Å². The molecule has 0 aliphatic carbocycles. The predicted octanol–water partition coefficient (Wildman–Crippen LogP) is -0.629. The quantitative estimate of drug-likeness (QED) is 0.286. The Balaban J connectivity index is 1.29. The zero-order valence-electron chi connectivity index (χ0n) is 21.5. The SMILES string of the molecule is Cn1cccc1C(=O)NC1CC(C(=O)O)N(C(=O)COCC(=O)N2CCC(NC(=O)c3cccs3)C2C(=O)O)C1. The summed E-state index contributed by atoms with van der Waals surface area (Å²) in [6.45, 7) is -1.21. The highest BCUT2D eigenvalue weighted by molar-refractivity contribution is 7.12. The number of nitrogens with zero attached hydrogens (tertiary/aromatic N) is 3. The molecular weight excluding hydrogens is 546 g/mol. The molecule has 2 aromatic heterocycles. The maximum absolute atomic E-state index is 12.8. The molecule has 0 saturated carbocycles. The smallest absolute Gasteiger partial charge is 0.328 e. The van der Waals surface area contributed by atoms with Gasteiger partial charge in [0.05, 0.1) is 10.9 Å². The lowest BCUT2D eigenvalue weighted by atomic mass is 10.1. The van der Waals surface area contributed by atoms with Crippen LogP contribution in [-0.4, -0.2) is 111 Å². The van der Waals surface area contributed by atoms with Crippen molar-refractivity contribution in [2.24, 2.45) is 7.05 Å². The molecule has 2 saturated heterocycles. The first-order valence-electron chi connectivity index (χ1n) is 12.5. The first-order valence-corrected chi connectivity index (χ1v) is 13.3. The van der Waals surface area contributed by atoms with Crippen LogP contribution < -0.4 is 10.6 Å². The molecule has 0 spiro atoms. The molecular formula is C25H29N5O9S. The van der Waals surface area contributed by atoms with Crippen molar-refractivity contribution in [2.45, 2.75) is 37.0 Å². The first kappa shape index (κ1) is 28.8. The van der Waals surface area contributed by atoms with Gasteiger partial charge in [0.1, 0.15) is 31.0 Å². The molecule has 4 rings (SSSR count). The molecule has 2 fully saturated rings. The van der Waals surface area contributed by atoms with E-state index in [-0.39, 0.29) is 25.9 Å². The number of carbonyl (C=O) groups is 6. The molecule has 40 heavy (non-hydrogen) atoms. The van der Waals surface area contributed by atoms with Crippen LogP contribution in [0.3, 0.4) is 0 Å². The minimum absolute atomic E-state index is 0.00279. The largest absolute Gasteiger partial charge is 0.480 e. The number of hydrogen-bond donors (Lipinski definition) is 4. The maximum atomic E-state index is 12.8. The molecule has 4 heterocycles. The number of ether oxygens (including phenoxy) is 1. The predicted molar refractivity (Wildman–Crippen MR) is 139 cm³/mol. The van der Waals surface area contributed by atoms with E-state index < -0.39 is 72.9 Å². The summed E-state index contributed by atoms with van der Waals surface area (Å²) in [6, 6.07) is 2.71. The third kappa shape index (κ3) is 6.31. The summed E-state index contributed by atoms with van der Waals surface area (Å²) in [4.78, 5) is 76.7. The van der Waals surface area contributed by atoms with Gasteiger partial charge in [0, 0.05) is 38.8 Å². The molecule has 4 amide bonds. The zero-order chi connectivity index (χ0) is 29.0. The van der Waals surface area contributed by atoms with Gasteiger partial charge in [-0.25, -0.2) is 9.59 Å². The van der Waals surface area contributed by atoms with Gasteiger partial charge in [-0.1, -0.05) is 6.07 Å². The van der Waals surface area contributed by atoms with Crippen molar-refractivity contribution in [3.63, 3.8) is 0 Å². The number of thiophene rings is 1. The molecule has 15 heteroatoms. The third-order valence-electron chi connectivity index (χ3n) is 6.90. The van der Waals surface area contributed by atoms with Crippen LogP contribution >= 0.6 is 11.3 Å². The molecule has 4 atom stereocenters. The van der Waals surface area contributed by atoms with E-state index in [1.165, 1.54) is 11.3 Å². The Kier molecular flexibility index (Phi) is 8.84. The highest BCUT2D eigenvalue weighted by atomic mass is 32.1. The molecule has 0 bridgehead atoms. The summed E-state index contributed by atoms with van der Waals surface area (Å²) < 4.78 is 6.87. The van der Waals surface area contributed by atoms with E-state index in [0.717, 1.165) is 9.80 Å². The number of carbonyl (C=O) groups excluding carboxylic acids is 4. The van der Waals surface area contributed by atoms with Gasteiger partial charge in [-0.15, -0.1) is 11.3 Å². The maximum Gasteiger partial charge on any atom is 0.328 e. The number of aliphatic carboxylic acids is 2. The van der Waals surface area contributed by atoms with Gasteiger partial charge in [-0.3, -0.25) is 19.2 Å². The second-order valence-corrected chi connectivity index (χ2v) is 10.5. The van der Waals surface area contributed by atoms with Gasteiger partial charge in [-0.05, 0) is 30.0 Å². The Morgan fingerprint density at radius 1 is 0.975 bits per heavy atom. The average molecular weight is 576 g/mol. The Hall–Kier alpha value is -4.24. The lowest BCUT2D eigenvalue weighted by Gasteiger charge is -2.25. The summed E-state index contributed by atoms with van der Waals surface area (Å²) >= 11 is 1.21. The highest BCUT2D eigenvalue weighted by Gasteiger charge is 2.43. The fourth-order valence-corrected chi connectivity index (χ4v) is 5.60. The van der Waals surface area contributed by atoms with Crippen molar-refractivity contribution >= 4 is 46.9 Å². The number of aromatic nitrogens is 1. The lowest BCUT2D eigenvalue weighted by molar-refractivity contribution is -0.153. The van der Waals surface area contributed by atoms with E-state index in [0.29, 0.717) is 10.6 Å². The Labute approximate surface area is 232 Å². The van der Waals surface area contributed by atoms with Crippen LogP contribution in [0.1, 0.15) is 33.0 Å². The number of likely N-dealkylation sites (tertiary alicyclic amines) is 2. The normalized spacial score (nSPS) is 22.2. The van der Waals surface area contributed by atoms with Gasteiger partial charge < -0.3 is 40.0 Å². The van der Waals surface area contributed by atoms with Crippen LogP contribution in [0.15, 0.2) is 35.8 Å². The number of carboxylic acid groups (broad SMARTS) is 2. The van der Waals surface area contributed by atoms with Crippen LogP contribution in [0.25, 0.3) is 0 Å². The van der Waals surface area contributed by atoms with Crippen LogP contribution in [0.5, 0.6) is 0 Å². The van der Waals surface area contributed by atoms with Gasteiger partial charge in [0.25, 0.3) is 11.8 Å². The molecule has 2 aromatic rings. The van der Waals surface area contributed by atoms with E-state index >= 15 is 0 Å². The molecule has 4 unspecified atom stereocenters. The third-order valence-corrected chi connectivity index (χ3v) is 7.77. The first-order chi connectivity index (χ1) is 19.1. The van der Waals surface area contributed by atoms with Crippen LogP contribution in [0.2, 0.25) is 0 Å². The van der Waals surface area contributed by atoms with Crippen molar-refractivity contribution in [3.8, 4) is 0 Å². The average Bonchev–Trinajstić information content (AvgIpc) is 3.69. The summed E-state index contributed by atoms with van der Waals surface area (Å²) in [5, 5.41) is 26.4. The number of hydrogen-bond acceptors (Lipinski definition) is 8. The second kappa shape index (κ2) is 12.3. The summed E-state index contributed by atoms with van der Waals surface area (Å²) in [5.74, 6) is -4.73. The minimum Gasteiger partial charge on any atom is -0.480 e. The highest BCUT2D eigenvalue weighted by Crippen LogP contribution is 2.21. The van der Waals surface area contributed by atoms with Crippen molar-refractivity contribution in [3.05, 3.63) is 46.4 Å². The van der Waals surface area contributed by atoms with E-state index in [2.05, 4.69) is 10.6 Å². The molecule has 2 aliphatic rings. The minimum atomic E-state index is -1.31. The molecule has 0 radical (unpaired) electrons. The molecule has 2 aliphatic heterocycles. The fourth-order valence-electron chi connectivity index (χ4n) is 4.97. The second-order valence-electron chi connectivity index (χ2n) is 9.52. The standard InChI is InChI=1S/C25H29N5O9S/c1-28-7-2-4-16(28)22(33)26-14-10-17(24(35)36)30(11-14)20(32)13-39-12-19(31)29-8-6-15(21(29)25(37)38)27-23(34)18-5-3-9-40-18/h2-5,7,9,14-15,17,21H,6,8,10-13H2,1H3,(H,26,33)(H,27,34)(H,35,36)(H,37,38). The Bertz CT molecular complexity index is 1290. The summed E-state index contributed by atoms with van der Waals surface area (Å²) in [6.07, 6.45) is 1.92. The van der Waals surface area contributed by atoms with Gasteiger partial charge in [0.15, 0.2) is 0 Å². The van der Waals surface area contributed by atoms with Crippen LogP contribution in [-0.2, 0) is 31.0 Å². The molecule has 14 nitrogen and oxygen atoms in total. The van der Waals surface area contributed by atoms with Gasteiger partial charge >= 0.3 is 11.9 Å². The van der Waals surface area contributed by atoms with Crippen molar-refractivity contribution < 1.29 is 43.7 Å². The van der Waals surface area contributed by atoms with Gasteiger partial charge in [0.2, 0.25) is 11.8 Å². The topological polar surface area (TPSA) is 188 Å². The molecule has 4 N–H and O–H groups in total. The zero-order valence-corrected chi connectivity index (χ0v) is 22.3. The lowest BCUT2D eigenvalue weighted by Crippen LogP contribution is -2.51. The van der Waals surface area contributed by atoms with E-state index in [9.17, 15) is 39.0 Å². The number of rotatable bonds is 10.